The van der Waals surface area contributed by atoms with Crippen LogP contribution in [-0.2, 0) is 17.9 Å². The Bertz CT molecular complexity index is 1000. The summed E-state index contributed by atoms with van der Waals surface area (Å²) in [4.78, 5) is 14.9. The molecule has 6 nitrogen and oxygen atoms in total. The van der Waals surface area contributed by atoms with Gasteiger partial charge in [-0.1, -0.05) is 42.5 Å². The number of para-hydroxylation sites is 1. The maximum absolute atomic E-state index is 12.6. The van der Waals surface area contributed by atoms with Crippen LogP contribution in [0.2, 0.25) is 0 Å². The predicted molar refractivity (Wildman–Crippen MR) is 128 cm³/mol. The number of carbonyl (C=O) groups is 1. The molecule has 1 aliphatic heterocycles. The zero-order chi connectivity index (χ0) is 22.7. The predicted octanol–water partition coefficient (Wildman–Crippen LogP) is 3.91. The van der Waals surface area contributed by atoms with Crippen molar-refractivity contribution in [2.75, 3.05) is 39.5 Å². The highest BCUT2D eigenvalue weighted by molar-refractivity contribution is 5.94. The van der Waals surface area contributed by atoms with Gasteiger partial charge >= 0.3 is 0 Å². The molecule has 1 fully saturated rings. The molecule has 33 heavy (non-hydrogen) atoms. The second-order valence-electron chi connectivity index (χ2n) is 7.93. The van der Waals surface area contributed by atoms with Gasteiger partial charge in [0.15, 0.2) is 0 Å². The molecule has 172 valence electrons. The van der Waals surface area contributed by atoms with E-state index in [2.05, 4.69) is 10.2 Å². The Morgan fingerprint density at radius 3 is 2.39 bits per heavy atom. The van der Waals surface area contributed by atoms with Gasteiger partial charge < -0.3 is 19.5 Å². The highest BCUT2D eigenvalue weighted by Crippen LogP contribution is 2.15. The minimum atomic E-state index is -0.107. The Labute approximate surface area is 195 Å². The van der Waals surface area contributed by atoms with E-state index in [9.17, 15) is 4.79 Å². The summed E-state index contributed by atoms with van der Waals surface area (Å²) in [6.45, 7) is 5.92. The van der Waals surface area contributed by atoms with Crippen LogP contribution in [0.5, 0.6) is 11.5 Å². The Morgan fingerprint density at radius 2 is 1.61 bits per heavy atom. The van der Waals surface area contributed by atoms with Crippen molar-refractivity contribution in [3.05, 3.63) is 95.6 Å². The Morgan fingerprint density at radius 1 is 0.848 bits per heavy atom. The number of nitrogens with one attached hydrogen (secondary N) is 1. The van der Waals surface area contributed by atoms with Gasteiger partial charge in [0.1, 0.15) is 24.7 Å². The van der Waals surface area contributed by atoms with E-state index in [1.54, 1.807) is 0 Å². The molecule has 0 saturated carbocycles. The molecule has 0 bridgehead atoms. The van der Waals surface area contributed by atoms with Gasteiger partial charge in [0, 0.05) is 31.7 Å². The molecule has 1 aliphatic rings. The van der Waals surface area contributed by atoms with E-state index in [1.165, 1.54) is 0 Å². The van der Waals surface area contributed by atoms with E-state index in [-0.39, 0.29) is 5.91 Å². The summed E-state index contributed by atoms with van der Waals surface area (Å²) < 4.78 is 17.0. The van der Waals surface area contributed by atoms with Crippen molar-refractivity contribution in [3.8, 4) is 11.5 Å². The third-order valence-electron chi connectivity index (χ3n) is 5.50. The number of carbonyl (C=O) groups excluding carboxylic acids is 1. The molecule has 3 aromatic carbocycles. The second kappa shape index (κ2) is 12.0. The third-order valence-corrected chi connectivity index (χ3v) is 5.50. The maximum atomic E-state index is 12.6. The van der Waals surface area contributed by atoms with Crippen LogP contribution in [0.1, 0.15) is 21.5 Å². The number of benzene rings is 3. The van der Waals surface area contributed by atoms with Crippen LogP contribution in [0.3, 0.4) is 0 Å². The lowest BCUT2D eigenvalue weighted by molar-refractivity contribution is 0.0322. The molecule has 0 radical (unpaired) electrons. The lowest BCUT2D eigenvalue weighted by atomic mass is 10.1. The lowest BCUT2D eigenvalue weighted by Gasteiger charge is -2.26. The summed E-state index contributed by atoms with van der Waals surface area (Å²) in [5.74, 6) is 1.54. The summed E-state index contributed by atoms with van der Waals surface area (Å²) in [6, 6.07) is 25.0. The molecule has 1 N–H and O–H groups in total. The molecule has 0 aliphatic carbocycles. The molecule has 0 spiro atoms. The van der Waals surface area contributed by atoms with Crippen molar-refractivity contribution < 1.29 is 19.0 Å². The van der Waals surface area contributed by atoms with Crippen molar-refractivity contribution in [2.45, 2.75) is 13.2 Å². The summed E-state index contributed by atoms with van der Waals surface area (Å²) in [5.41, 5.74) is 2.63. The SMILES string of the molecule is O=C(NCc1cccc(OCCN2CCOCC2)c1)c1ccc(COc2ccccc2)cc1. The number of rotatable bonds is 10. The number of ether oxygens (including phenoxy) is 3. The Hall–Kier alpha value is -3.35. The fraction of sp³-hybridized carbons (Fsp3) is 0.296. The van der Waals surface area contributed by atoms with Gasteiger partial charge in [-0.2, -0.15) is 0 Å². The van der Waals surface area contributed by atoms with Gasteiger partial charge in [0.25, 0.3) is 5.91 Å². The van der Waals surface area contributed by atoms with E-state index in [0.717, 1.165) is 55.5 Å². The molecule has 0 aromatic heterocycles. The fourth-order valence-electron chi connectivity index (χ4n) is 3.58. The van der Waals surface area contributed by atoms with Crippen LogP contribution in [0, 0.1) is 0 Å². The first-order valence-corrected chi connectivity index (χ1v) is 11.3. The first kappa shape index (κ1) is 22.8. The molecular formula is C27H30N2O4. The van der Waals surface area contributed by atoms with Gasteiger partial charge in [0.05, 0.1) is 13.2 Å². The second-order valence-corrected chi connectivity index (χ2v) is 7.93. The summed E-state index contributed by atoms with van der Waals surface area (Å²) in [6.07, 6.45) is 0. The molecule has 6 heteroatoms. The number of hydrogen-bond acceptors (Lipinski definition) is 5. The van der Waals surface area contributed by atoms with E-state index in [0.29, 0.717) is 25.3 Å². The fourth-order valence-corrected chi connectivity index (χ4v) is 3.58. The average molecular weight is 447 g/mol. The normalized spacial score (nSPS) is 13.9. The first-order valence-electron chi connectivity index (χ1n) is 11.3. The monoisotopic (exact) mass is 446 g/mol. The molecule has 4 rings (SSSR count). The van der Waals surface area contributed by atoms with Crippen molar-refractivity contribution in [2.24, 2.45) is 0 Å². The van der Waals surface area contributed by atoms with E-state index in [4.69, 9.17) is 14.2 Å². The molecule has 1 amide bonds. The minimum Gasteiger partial charge on any atom is -0.492 e. The van der Waals surface area contributed by atoms with E-state index >= 15 is 0 Å². The van der Waals surface area contributed by atoms with Gasteiger partial charge in [0.2, 0.25) is 0 Å². The van der Waals surface area contributed by atoms with E-state index in [1.807, 2.05) is 78.9 Å². The van der Waals surface area contributed by atoms with Crippen LogP contribution >= 0.6 is 0 Å². The minimum absolute atomic E-state index is 0.107. The maximum Gasteiger partial charge on any atom is 0.251 e. The van der Waals surface area contributed by atoms with Gasteiger partial charge in [-0.15, -0.1) is 0 Å². The van der Waals surface area contributed by atoms with Crippen molar-refractivity contribution in [3.63, 3.8) is 0 Å². The Kier molecular flexibility index (Phi) is 8.33. The zero-order valence-electron chi connectivity index (χ0n) is 18.7. The van der Waals surface area contributed by atoms with Gasteiger partial charge in [-0.3, -0.25) is 9.69 Å². The number of hydrogen-bond donors (Lipinski definition) is 1. The highest BCUT2D eigenvalue weighted by atomic mass is 16.5. The number of amides is 1. The first-order chi connectivity index (χ1) is 16.3. The zero-order valence-corrected chi connectivity index (χ0v) is 18.7. The van der Waals surface area contributed by atoms with Gasteiger partial charge in [-0.05, 0) is 47.5 Å². The van der Waals surface area contributed by atoms with Crippen molar-refractivity contribution in [1.82, 2.24) is 10.2 Å². The lowest BCUT2D eigenvalue weighted by Crippen LogP contribution is -2.38. The third kappa shape index (κ3) is 7.34. The standard InChI is InChI=1S/C27H30N2O4/c30-27(24-11-9-22(10-12-24)21-33-25-6-2-1-3-7-25)28-20-23-5-4-8-26(19-23)32-18-15-29-13-16-31-17-14-29/h1-12,19H,13-18,20-21H2,(H,28,30). The van der Waals surface area contributed by atoms with Crippen LogP contribution in [0.25, 0.3) is 0 Å². The van der Waals surface area contributed by atoms with Crippen LogP contribution in [0.15, 0.2) is 78.9 Å². The Balaban J connectivity index is 1.21. The van der Waals surface area contributed by atoms with Crippen LogP contribution < -0.4 is 14.8 Å². The quantitative estimate of drug-likeness (QED) is 0.512. The smallest absolute Gasteiger partial charge is 0.251 e. The molecule has 1 heterocycles. The number of nitrogens with zero attached hydrogens (tertiary/aromatic N) is 1. The molecule has 0 unspecified atom stereocenters. The van der Waals surface area contributed by atoms with Gasteiger partial charge in [-0.25, -0.2) is 0 Å². The molecule has 3 aromatic rings. The summed E-state index contributed by atoms with van der Waals surface area (Å²) >= 11 is 0. The van der Waals surface area contributed by atoms with Crippen molar-refractivity contribution in [1.29, 1.82) is 0 Å². The van der Waals surface area contributed by atoms with Crippen LogP contribution in [0.4, 0.5) is 0 Å². The van der Waals surface area contributed by atoms with Crippen LogP contribution in [-0.4, -0.2) is 50.3 Å². The molecular weight excluding hydrogens is 416 g/mol. The highest BCUT2D eigenvalue weighted by Gasteiger charge is 2.10. The number of morpholine rings is 1. The topological polar surface area (TPSA) is 60.0 Å². The summed E-state index contributed by atoms with van der Waals surface area (Å²) in [7, 11) is 0. The van der Waals surface area contributed by atoms with E-state index < -0.39 is 0 Å². The van der Waals surface area contributed by atoms with Crippen molar-refractivity contribution >= 4 is 5.91 Å². The average Bonchev–Trinajstić information content (AvgIpc) is 2.88. The largest absolute Gasteiger partial charge is 0.492 e. The molecule has 0 atom stereocenters. The molecule has 1 saturated heterocycles. The summed E-state index contributed by atoms with van der Waals surface area (Å²) in [5, 5.41) is 2.98.